The first-order valence-corrected chi connectivity index (χ1v) is 15.1. The molecule has 0 bridgehead atoms. The van der Waals surface area contributed by atoms with E-state index in [2.05, 4.69) is 16.3 Å². The maximum atomic E-state index is 13.3. The van der Waals surface area contributed by atoms with E-state index in [1.165, 1.54) is 66.7 Å². The lowest BCUT2D eigenvalue weighted by Gasteiger charge is -2.19. The van der Waals surface area contributed by atoms with E-state index in [1.807, 2.05) is 25.5 Å². The van der Waals surface area contributed by atoms with Gasteiger partial charge in [-0.3, -0.25) is 9.52 Å². The molecule has 1 aliphatic rings. The number of carbonyl (C=O) groups is 1. The van der Waals surface area contributed by atoms with Gasteiger partial charge in [-0.1, -0.05) is 51.6 Å². The Morgan fingerprint density at radius 2 is 1.48 bits per heavy atom. The summed E-state index contributed by atoms with van der Waals surface area (Å²) < 4.78 is 69.2. The average molecular weight is 582 g/mol. The lowest BCUT2D eigenvalue weighted by atomic mass is 9.87. The van der Waals surface area contributed by atoms with Crippen molar-refractivity contribution in [2.24, 2.45) is 4.99 Å². The van der Waals surface area contributed by atoms with E-state index in [0.717, 1.165) is 5.56 Å². The molecule has 11 heteroatoms. The van der Waals surface area contributed by atoms with Crippen molar-refractivity contribution in [3.63, 3.8) is 0 Å². The fraction of sp³-hybridized carbons (Fsp3) is 0.172. The third-order valence-corrected chi connectivity index (χ3v) is 8.69. The fourth-order valence-electron chi connectivity index (χ4n) is 3.86. The van der Waals surface area contributed by atoms with Gasteiger partial charge in [-0.25, -0.2) is 22.5 Å². The quantitative estimate of drug-likeness (QED) is 0.394. The number of sulfonamides is 2. The van der Waals surface area contributed by atoms with Gasteiger partial charge < -0.3 is 0 Å². The third kappa shape index (κ3) is 6.72. The molecule has 0 saturated heterocycles. The number of nitrogens with one attached hydrogen (secondary N) is 2. The number of hydrogen-bond donors (Lipinski definition) is 2. The van der Waals surface area contributed by atoms with Gasteiger partial charge in [-0.15, -0.1) is 0 Å². The van der Waals surface area contributed by atoms with Gasteiger partial charge in [0.15, 0.2) is 5.03 Å². The van der Waals surface area contributed by atoms with Crippen molar-refractivity contribution in [1.82, 2.24) is 4.72 Å². The Bertz CT molecular complexity index is 1740. The van der Waals surface area contributed by atoms with Crippen LogP contribution in [0.15, 0.2) is 106 Å². The molecule has 0 atom stereocenters. The zero-order valence-electron chi connectivity index (χ0n) is 22.1. The fourth-order valence-corrected chi connectivity index (χ4v) is 5.94. The van der Waals surface area contributed by atoms with Crippen molar-refractivity contribution in [2.45, 2.75) is 37.5 Å². The predicted molar refractivity (Wildman–Crippen MR) is 154 cm³/mol. The minimum absolute atomic E-state index is 0.0136. The summed E-state index contributed by atoms with van der Waals surface area (Å²) in [5.41, 5.74) is 2.44. The Kier molecular flexibility index (Phi) is 7.82. The monoisotopic (exact) mass is 581 g/mol. The Hall–Kier alpha value is -4.09. The van der Waals surface area contributed by atoms with Crippen molar-refractivity contribution in [3.05, 3.63) is 119 Å². The number of amides is 1. The topological polar surface area (TPSA) is 122 Å². The summed E-state index contributed by atoms with van der Waals surface area (Å²) in [5.74, 6) is -1.29. The van der Waals surface area contributed by atoms with Crippen molar-refractivity contribution in [3.8, 4) is 0 Å². The largest absolute Gasteiger partial charge is 0.279 e. The number of carbonyl (C=O) groups excluding carboxylic acids is 1. The highest BCUT2D eigenvalue weighted by atomic mass is 32.2. The second kappa shape index (κ2) is 10.8. The van der Waals surface area contributed by atoms with Gasteiger partial charge in [0.05, 0.1) is 10.6 Å². The van der Waals surface area contributed by atoms with Gasteiger partial charge in [0.1, 0.15) is 5.82 Å². The summed E-state index contributed by atoms with van der Waals surface area (Å²) in [6, 6.07) is 17.1. The van der Waals surface area contributed by atoms with E-state index in [0.29, 0.717) is 23.3 Å². The molecular weight excluding hydrogens is 553 g/mol. The van der Waals surface area contributed by atoms with Crippen LogP contribution in [0.5, 0.6) is 0 Å². The number of allylic oxidation sites excluding steroid dienone is 2. The summed E-state index contributed by atoms with van der Waals surface area (Å²) in [7, 11) is -8.26. The van der Waals surface area contributed by atoms with E-state index in [4.69, 9.17) is 0 Å². The number of anilines is 1. The number of benzene rings is 3. The lowest BCUT2D eigenvalue weighted by Crippen LogP contribution is -2.30. The first-order chi connectivity index (χ1) is 18.6. The maximum absolute atomic E-state index is 13.3. The van der Waals surface area contributed by atoms with Crippen LogP contribution in [0, 0.1) is 5.82 Å². The number of halogens is 1. The molecule has 8 nitrogen and oxygen atoms in total. The number of rotatable bonds is 7. The highest BCUT2D eigenvalue weighted by molar-refractivity contribution is 7.96. The molecule has 208 valence electrons. The van der Waals surface area contributed by atoms with Gasteiger partial charge in [-0.2, -0.15) is 8.42 Å². The van der Waals surface area contributed by atoms with Crippen molar-refractivity contribution >= 4 is 37.4 Å². The lowest BCUT2D eigenvalue weighted by molar-refractivity contribution is 0.0981. The molecule has 3 aromatic rings. The third-order valence-electron chi connectivity index (χ3n) is 6.08. The standard InChI is InChI=1S/C29H28FN3O5S2/c1-19-17-26(20-5-11-23(30)12-6-20)31-27(18-19)40(37,38)32-24-13-7-21(8-14-24)28(34)33-39(35,36)25-15-9-22(10-16-25)29(2,3)4/h5-16,18,32H,1,17H2,2-4H3,(H,33,34). The maximum Gasteiger partial charge on any atom is 0.279 e. The average Bonchev–Trinajstić information content (AvgIpc) is 2.88. The molecular formula is C29H28FN3O5S2. The van der Waals surface area contributed by atoms with Gasteiger partial charge in [0.25, 0.3) is 26.0 Å². The molecule has 0 spiro atoms. The molecule has 2 N–H and O–H groups in total. The van der Waals surface area contributed by atoms with Crippen LogP contribution in [0.4, 0.5) is 10.1 Å². The summed E-state index contributed by atoms with van der Waals surface area (Å²) in [6.07, 6.45) is 1.65. The van der Waals surface area contributed by atoms with Crippen LogP contribution in [-0.4, -0.2) is 28.5 Å². The summed E-state index contributed by atoms with van der Waals surface area (Å²) in [5, 5.41) is -0.270. The highest BCUT2D eigenvalue weighted by Gasteiger charge is 2.24. The Balaban J connectivity index is 1.47. The zero-order valence-corrected chi connectivity index (χ0v) is 23.7. The zero-order chi connectivity index (χ0) is 29.3. The number of aliphatic imine (C=N–C) groups is 1. The van der Waals surface area contributed by atoms with E-state index in [9.17, 15) is 26.0 Å². The summed E-state index contributed by atoms with van der Waals surface area (Å²) >= 11 is 0. The second-order valence-corrected chi connectivity index (χ2v) is 13.6. The van der Waals surface area contributed by atoms with Gasteiger partial charge >= 0.3 is 0 Å². The molecule has 40 heavy (non-hydrogen) atoms. The van der Waals surface area contributed by atoms with Crippen LogP contribution < -0.4 is 9.44 Å². The second-order valence-electron chi connectivity index (χ2n) is 10.3. The minimum Gasteiger partial charge on any atom is -0.278 e. The van der Waals surface area contributed by atoms with Crippen molar-refractivity contribution in [2.75, 3.05) is 4.72 Å². The van der Waals surface area contributed by atoms with Crippen LogP contribution in [0.2, 0.25) is 0 Å². The summed E-state index contributed by atoms with van der Waals surface area (Å²) in [4.78, 5) is 16.8. The molecule has 0 radical (unpaired) electrons. The molecule has 4 rings (SSSR count). The molecule has 0 aromatic heterocycles. The number of nitrogens with zero attached hydrogens (tertiary/aromatic N) is 1. The molecule has 1 aliphatic heterocycles. The predicted octanol–water partition coefficient (Wildman–Crippen LogP) is 5.27. The van der Waals surface area contributed by atoms with Crippen LogP contribution in [0.25, 0.3) is 0 Å². The van der Waals surface area contributed by atoms with E-state index in [1.54, 1.807) is 12.1 Å². The van der Waals surface area contributed by atoms with E-state index >= 15 is 0 Å². The molecule has 1 amide bonds. The number of hydrogen-bond acceptors (Lipinski definition) is 6. The van der Waals surface area contributed by atoms with E-state index < -0.39 is 31.8 Å². The van der Waals surface area contributed by atoms with Crippen molar-refractivity contribution < 1.29 is 26.0 Å². The molecule has 0 aliphatic carbocycles. The molecule has 3 aromatic carbocycles. The first kappa shape index (κ1) is 28.9. The Morgan fingerprint density at radius 1 is 0.875 bits per heavy atom. The van der Waals surface area contributed by atoms with Gasteiger partial charge in [0, 0.05) is 17.7 Å². The van der Waals surface area contributed by atoms with Crippen LogP contribution in [0.1, 0.15) is 48.7 Å². The van der Waals surface area contributed by atoms with Crippen LogP contribution in [0.3, 0.4) is 0 Å². The normalized spacial score (nSPS) is 14.2. The molecule has 1 heterocycles. The molecule has 0 unspecified atom stereocenters. The van der Waals surface area contributed by atoms with Crippen molar-refractivity contribution in [1.29, 1.82) is 0 Å². The SMILES string of the molecule is C=C1C=C(S(=O)(=O)Nc2ccc(C(=O)NS(=O)(=O)c3ccc(C(C)(C)C)cc3)cc2)N=C(c2ccc(F)cc2)C1. The first-order valence-electron chi connectivity index (χ1n) is 12.2. The van der Waals surface area contributed by atoms with Crippen LogP contribution >= 0.6 is 0 Å². The minimum atomic E-state index is -4.14. The Morgan fingerprint density at radius 3 is 2.05 bits per heavy atom. The van der Waals surface area contributed by atoms with Crippen LogP contribution in [-0.2, 0) is 25.5 Å². The van der Waals surface area contributed by atoms with Gasteiger partial charge in [0.2, 0.25) is 0 Å². The molecule has 0 fully saturated rings. The Labute approximate surface area is 233 Å². The summed E-state index contributed by atoms with van der Waals surface area (Å²) in [6.45, 7) is 9.87. The smallest absolute Gasteiger partial charge is 0.278 e. The molecule has 0 saturated carbocycles. The van der Waals surface area contributed by atoms with Gasteiger partial charge in [-0.05, 0) is 76.7 Å². The highest BCUT2D eigenvalue weighted by Crippen LogP contribution is 2.26. The van der Waals surface area contributed by atoms with E-state index in [-0.39, 0.29) is 26.6 Å².